The van der Waals surface area contributed by atoms with Crippen LogP contribution in [0.25, 0.3) is 11.1 Å². The maximum atomic E-state index is 11.6. The number of esters is 1. The number of aliphatic imine (C=N–C) groups is 1. The Morgan fingerprint density at radius 1 is 1.12 bits per heavy atom. The van der Waals surface area contributed by atoms with Crippen LogP contribution in [0.5, 0.6) is 0 Å². The van der Waals surface area contributed by atoms with E-state index in [-0.39, 0.29) is 70.7 Å². The van der Waals surface area contributed by atoms with Crippen LogP contribution in [0.2, 0.25) is 0 Å². The molecular weight excluding hydrogens is 380 g/mol. The summed E-state index contributed by atoms with van der Waals surface area (Å²) >= 11 is 0. The zero-order valence-electron chi connectivity index (χ0n) is 13.6. The first kappa shape index (κ1) is 19.2. The van der Waals surface area contributed by atoms with E-state index in [0.717, 1.165) is 28.8 Å². The first-order chi connectivity index (χ1) is 11.2. The molecule has 1 aliphatic carbocycles. The van der Waals surface area contributed by atoms with Crippen molar-refractivity contribution in [2.75, 3.05) is 13.7 Å². The molecule has 0 spiro atoms. The molecule has 2 aromatic carbocycles. The summed E-state index contributed by atoms with van der Waals surface area (Å²) in [4.78, 5) is 14.3. The molecule has 0 aromatic heterocycles. The quantitative estimate of drug-likeness (QED) is 0.285. The molecule has 6 heteroatoms. The van der Waals surface area contributed by atoms with Crippen molar-refractivity contribution >= 4 is 12.1 Å². The van der Waals surface area contributed by atoms with Crippen molar-refractivity contribution in [2.45, 2.75) is 5.92 Å². The van der Waals surface area contributed by atoms with Gasteiger partial charge in [-0.2, -0.15) is 0 Å². The number of fused-ring (bicyclic) bond motifs is 3. The molecule has 0 aliphatic heterocycles. The molecule has 5 nitrogen and oxygen atoms in total. The second-order valence-electron chi connectivity index (χ2n) is 5.09. The van der Waals surface area contributed by atoms with Crippen LogP contribution in [0.3, 0.4) is 0 Å². The Hall–Kier alpha value is -1.14. The number of carbonyl (C=O) groups is 1. The smallest absolute Gasteiger partial charge is 0.685 e. The molecule has 0 atom stereocenters. The van der Waals surface area contributed by atoms with E-state index in [1.165, 1.54) is 7.11 Å². The zero-order chi connectivity index (χ0) is 16.2. The van der Waals surface area contributed by atoms with Gasteiger partial charge in [-0.1, -0.05) is 48.5 Å². The molecule has 0 unspecified atom stereocenters. The molecule has 0 bridgehead atoms. The third-order valence-corrected chi connectivity index (χ3v) is 3.81. The predicted octanol–water partition coefficient (Wildman–Crippen LogP) is -1.13. The van der Waals surface area contributed by atoms with E-state index in [9.17, 15) is 9.90 Å². The van der Waals surface area contributed by atoms with Crippen LogP contribution in [0, 0.1) is 6.54 Å². The summed E-state index contributed by atoms with van der Waals surface area (Å²) in [6, 6.07) is 16.1. The van der Waals surface area contributed by atoms with Crippen molar-refractivity contribution in [3.63, 3.8) is 0 Å². The van der Waals surface area contributed by atoms with Gasteiger partial charge in [0.25, 0.3) is 5.97 Å². The van der Waals surface area contributed by atoms with Crippen molar-refractivity contribution in [3.8, 4) is 11.1 Å². The maximum Gasteiger partial charge on any atom is 1.00 e. The zero-order valence-corrected chi connectivity index (χ0v) is 18.5. The molecule has 0 saturated carbocycles. The normalized spacial score (nSPS) is 12.6. The van der Waals surface area contributed by atoms with E-state index in [1.807, 2.05) is 36.4 Å². The number of rotatable bonds is 4. The fourth-order valence-electron chi connectivity index (χ4n) is 2.79. The topological polar surface area (TPSA) is 71.0 Å². The van der Waals surface area contributed by atoms with Crippen molar-refractivity contribution in [3.05, 3.63) is 66.2 Å². The maximum absolute atomic E-state index is 11.6. The third kappa shape index (κ3) is 4.09. The Morgan fingerprint density at radius 2 is 1.67 bits per heavy atom. The average molecular weight is 395 g/mol. The second kappa shape index (κ2) is 8.81. The molecule has 0 N–H and O–H groups in total. The van der Waals surface area contributed by atoms with Crippen LogP contribution in [0.1, 0.15) is 17.0 Å². The van der Waals surface area contributed by atoms with Crippen LogP contribution in [-0.4, -0.2) is 25.8 Å². The van der Waals surface area contributed by atoms with Crippen LogP contribution in [-0.2, 0) is 14.3 Å². The minimum Gasteiger partial charge on any atom is -0.685 e. The van der Waals surface area contributed by atoms with Gasteiger partial charge in [-0.05, 0) is 41.5 Å². The van der Waals surface area contributed by atoms with Gasteiger partial charge in [-0.15, -0.1) is 0 Å². The molecule has 0 radical (unpaired) electrons. The number of methoxy groups -OCH3 is 1. The second-order valence-corrected chi connectivity index (χ2v) is 5.09. The third-order valence-electron chi connectivity index (χ3n) is 3.81. The molecular formula is C18H15NO4Rb-. The molecule has 24 heavy (non-hydrogen) atoms. The first-order valence-corrected chi connectivity index (χ1v) is 7.17. The number of benzene rings is 2. The number of hydrogen-bond donors (Lipinski definition) is 0. The monoisotopic (exact) mass is 394 g/mol. The summed E-state index contributed by atoms with van der Waals surface area (Å²) in [5.41, 5.74) is 4.56. The molecule has 0 fully saturated rings. The van der Waals surface area contributed by atoms with Crippen LogP contribution in [0.4, 0.5) is 0 Å². The van der Waals surface area contributed by atoms with Crippen molar-refractivity contribution in [1.29, 1.82) is 0 Å². The Kier molecular flexibility index (Phi) is 7.04. The van der Waals surface area contributed by atoms with Crippen molar-refractivity contribution in [2.24, 2.45) is 4.99 Å². The van der Waals surface area contributed by atoms with Crippen LogP contribution < -0.4 is 63.3 Å². The van der Waals surface area contributed by atoms with E-state index in [0.29, 0.717) is 0 Å². The molecule has 1 aliphatic rings. The molecule has 0 heterocycles. The number of nitrogens with zero attached hydrogens (tertiary/aromatic N) is 1. The molecule has 0 saturated heterocycles. The van der Waals surface area contributed by atoms with Gasteiger partial charge in [0, 0.05) is 5.92 Å². The largest absolute Gasteiger partial charge is 1.00 e. The van der Waals surface area contributed by atoms with Crippen LogP contribution in [0.15, 0.2) is 53.5 Å². The van der Waals surface area contributed by atoms with Gasteiger partial charge in [-0.25, -0.2) is 0 Å². The van der Waals surface area contributed by atoms with Crippen molar-refractivity contribution < 1.29 is 77.6 Å². The predicted molar refractivity (Wildman–Crippen MR) is 83.4 cm³/mol. The fraction of sp³-hybridized carbons (Fsp3) is 0.167. The summed E-state index contributed by atoms with van der Waals surface area (Å²) < 4.78 is 9.57. The van der Waals surface area contributed by atoms with Gasteiger partial charge in [-0.3, -0.25) is 4.79 Å². The minimum atomic E-state index is -0.808. The first-order valence-electron chi connectivity index (χ1n) is 7.17. The van der Waals surface area contributed by atoms with E-state index in [4.69, 9.17) is 4.74 Å². The standard InChI is InChI=1S/C18H16NO4.Rb/c1-22-17(20)10-19-18(21)23-11-16-14-8-4-2-6-12(14)13-7-3-5-9-15(13)16;/h2-10,16H,11H2,1H3,(H,19,21);/q-1;+1/p-1. The van der Waals surface area contributed by atoms with Gasteiger partial charge < -0.3 is 19.6 Å². The number of hydrogen-bond acceptors (Lipinski definition) is 5. The van der Waals surface area contributed by atoms with Gasteiger partial charge in [0.05, 0.1) is 7.11 Å². The van der Waals surface area contributed by atoms with E-state index < -0.39 is 12.1 Å². The van der Waals surface area contributed by atoms with Gasteiger partial charge >= 0.3 is 58.2 Å². The number of ether oxygens (including phenoxy) is 2. The van der Waals surface area contributed by atoms with Crippen LogP contribution >= 0.6 is 0 Å². The molecule has 0 amide bonds. The summed E-state index contributed by atoms with van der Waals surface area (Å²) in [6.07, 6.45) is -0.808. The fourth-order valence-corrected chi connectivity index (χ4v) is 2.79. The van der Waals surface area contributed by atoms with Gasteiger partial charge in [0.1, 0.15) is 0 Å². The molecule has 2 aromatic rings. The van der Waals surface area contributed by atoms with Gasteiger partial charge in [0.15, 0.2) is 0 Å². The SMILES string of the molecule is COC(=O)[CH-]N=C([O-])OCC1c2ccccc2-c2ccccc21.[Rb+]. The summed E-state index contributed by atoms with van der Waals surface area (Å²) in [6.45, 7) is 0.976. The van der Waals surface area contributed by atoms with E-state index in [2.05, 4.69) is 21.9 Å². The summed E-state index contributed by atoms with van der Waals surface area (Å²) in [5, 5.41) is 11.6. The molecule has 3 rings (SSSR count). The molecule has 118 valence electrons. The summed E-state index contributed by atoms with van der Waals surface area (Å²) in [5.74, 6) is -0.724. The Morgan fingerprint density at radius 3 is 2.21 bits per heavy atom. The Bertz CT molecular complexity index is 715. The Balaban J connectivity index is 0.00000208. The number of carbonyl (C=O) groups excluding carboxylic acids is 1. The minimum absolute atomic E-state index is 0. The van der Waals surface area contributed by atoms with E-state index >= 15 is 0 Å². The average Bonchev–Trinajstić information content (AvgIpc) is 2.92. The van der Waals surface area contributed by atoms with E-state index in [1.54, 1.807) is 0 Å². The van der Waals surface area contributed by atoms with Crippen molar-refractivity contribution in [1.82, 2.24) is 0 Å². The summed E-state index contributed by atoms with van der Waals surface area (Å²) in [7, 11) is 1.21. The Labute approximate surface area is 189 Å². The van der Waals surface area contributed by atoms with Gasteiger partial charge in [0.2, 0.25) is 0 Å².